The Kier molecular flexibility index (Phi) is 7.23. The molecule has 0 aliphatic heterocycles. The van der Waals surface area contributed by atoms with Gasteiger partial charge in [-0.25, -0.2) is 0 Å². The highest BCUT2D eigenvalue weighted by atomic mass is 16.5. The number of phenolic OH excluding ortho intramolecular Hbond substituents is 1. The van der Waals surface area contributed by atoms with Gasteiger partial charge in [0.1, 0.15) is 5.75 Å². The van der Waals surface area contributed by atoms with Crippen LogP contribution in [0.1, 0.15) is 35.6 Å². The fraction of sp³-hybridized carbons (Fsp3) is 0.231. The highest BCUT2D eigenvalue weighted by molar-refractivity contribution is 5.98. The van der Waals surface area contributed by atoms with E-state index in [1.54, 1.807) is 12.1 Å². The van der Waals surface area contributed by atoms with Crippen LogP contribution in [0.15, 0.2) is 78.9 Å². The molecule has 0 atom stereocenters. The average molecular weight is 388 g/mol. The van der Waals surface area contributed by atoms with E-state index in [4.69, 9.17) is 4.74 Å². The summed E-state index contributed by atoms with van der Waals surface area (Å²) in [5, 5.41) is 9.75. The molecule has 0 heterocycles. The highest BCUT2D eigenvalue weighted by Gasteiger charge is 2.13. The molecule has 0 radical (unpaired) electrons. The number of hydrogen-bond acceptors (Lipinski definition) is 3. The topological polar surface area (TPSA) is 32.7 Å². The normalized spacial score (nSPS) is 12.1. The fourth-order valence-electron chi connectivity index (χ4n) is 3.42. The molecular weight excluding hydrogens is 358 g/mol. The third-order valence-corrected chi connectivity index (χ3v) is 4.79. The van der Waals surface area contributed by atoms with Crippen LogP contribution in [0, 0.1) is 0 Å². The van der Waals surface area contributed by atoms with E-state index < -0.39 is 0 Å². The molecule has 0 amide bonds. The second kappa shape index (κ2) is 10.1. The average Bonchev–Trinajstić information content (AvgIpc) is 2.74. The second-order valence-corrected chi connectivity index (χ2v) is 7.37. The van der Waals surface area contributed by atoms with E-state index in [-0.39, 0.29) is 5.75 Å². The Labute approximate surface area is 173 Å². The van der Waals surface area contributed by atoms with Crippen LogP contribution in [-0.2, 0) is 11.3 Å². The number of rotatable bonds is 8. The van der Waals surface area contributed by atoms with E-state index in [0.717, 1.165) is 23.1 Å². The summed E-state index contributed by atoms with van der Waals surface area (Å²) < 4.78 is 5.70. The van der Waals surface area contributed by atoms with E-state index >= 15 is 0 Å². The summed E-state index contributed by atoms with van der Waals surface area (Å²) in [5.74, 6) is 0.277. The zero-order chi connectivity index (χ0) is 20.6. The maximum Gasteiger partial charge on any atom is 0.115 e. The first-order chi connectivity index (χ1) is 14.1. The second-order valence-electron chi connectivity index (χ2n) is 7.37. The Morgan fingerprint density at radius 3 is 1.93 bits per heavy atom. The molecule has 0 saturated heterocycles. The predicted octanol–water partition coefficient (Wildman–Crippen LogP) is 5.80. The van der Waals surface area contributed by atoms with Gasteiger partial charge in [-0.15, -0.1) is 0 Å². The first kappa shape index (κ1) is 20.8. The summed E-state index contributed by atoms with van der Waals surface area (Å²) in [6, 6.07) is 26.5. The van der Waals surface area contributed by atoms with E-state index in [9.17, 15) is 5.11 Å². The molecule has 0 bridgehead atoms. The molecule has 29 heavy (non-hydrogen) atoms. The van der Waals surface area contributed by atoms with Gasteiger partial charge in [0.2, 0.25) is 0 Å². The first-order valence-electron chi connectivity index (χ1n) is 9.98. The summed E-state index contributed by atoms with van der Waals surface area (Å²) in [5.41, 5.74) is 7.11. The van der Waals surface area contributed by atoms with Crippen LogP contribution >= 0.6 is 0 Å². The Balaban J connectivity index is 2.02. The number of allylic oxidation sites excluding steroid dienone is 1. The van der Waals surface area contributed by atoms with Crippen LogP contribution in [0.2, 0.25) is 0 Å². The minimum Gasteiger partial charge on any atom is -0.508 e. The molecule has 150 valence electrons. The third kappa shape index (κ3) is 5.57. The lowest BCUT2D eigenvalue weighted by molar-refractivity contribution is 0.0451. The maximum atomic E-state index is 9.75. The van der Waals surface area contributed by atoms with Crippen molar-refractivity contribution in [1.29, 1.82) is 0 Å². The molecule has 0 aromatic heterocycles. The van der Waals surface area contributed by atoms with Gasteiger partial charge in [-0.1, -0.05) is 73.7 Å². The predicted molar refractivity (Wildman–Crippen MR) is 121 cm³/mol. The molecule has 0 spiro atoms. The number of aromatic hydroxyl groups is 1. The van der Waals surface area contributed by atoms with Crippen molar-refractivity contribution in [3.05, 3.63) is 101 Å². The van der Waals surface area contributed by atoms with Gasteiger partial charge in [-0.05, 0) is 66.0 Å². The van der Waals surface area contributed by atoms with Crippen LogP contribution < -0.4 is 0 Å². The molecule has 3 aromatic rings. The van der Waals surface area contributed by atoms with Crippen molar-refractivity contribution in [2.75, 3.05) is 20.8 Å². The van der Waals surface area contributed by atoms with Gasteiger partial charge >= 0.3 is 0 Å². The smallest absolute Gasteiger partial charge is 0.115 e. The molecular formula is C26H29NO2. The van der Waals surface area contributed by atoms with E-state index in [2.05, 4.69) is 55.5 Å². The standard InChI is InChI=1S/C26H29NO2/c1-4-25(21-8-6-5-7-9-21)26(23-14-16-24(28)17-15-23)22-12-10-20(11-13-22)18-29-19-27(2)3/h5-17,28H,4,18-19H2,1-3H3. The van der Waals surface area contributed by atoms with Gasteiger partial charge in [0, 0.05) is 0 Å². The van der Waals surface area contributed by atoms with Crippen LogP contribution in [-0.4, -0.2) is 30.8 Å². The molecule has 0 aliphatic rings. The van der Waals surface area contributed by atoms with Crippen molar-refractivity contribution in [3.63, 3.8) is 0 Å². The molecule has 1 N–H and O–H groups in total. The molecule has 3 rings (SSSR count). The van der Waals surface area contributed by atoms with Crippen molar-refractivity contribution < 1.29 is 9.84 Å². The van der Waals surface area contributed by atoms with Crippen LogP contribution in [0.4, 0.5) is 0 Å². The van der Waals surface area contributed by atoms with Gasteiger partial charge in [-0.2, -0.15) is 0 Å². The van der Waals surface area contributed by atoms with Crippen molar-refractivity contribution >= 4 is 11.1 Å². The number of hydrogen-bond donors (Lipinski definition) is 1. The summed E-state index contributed by atoms with van der Waals surface area (Å²) >= 11 is 0. The van der Waals surface area contributed by atoms with Crippen molar-refractivity contribution in [2.45, 2.75) is 20.0 Å². The highest BCUT2D eigenvalue weighted by Crippen LogP contribution is 2.35. The molecule has 0 saturated carbocycles. The SMILES string of the molecule is CCC(=C(c1ccc(O)cc1)c1ccc(COCN(C)C)cc1)c1ccccc1. The van der Waals surface area contributed by atoms with Gasteiger partial charge in [0.15, 0.2) is 0 Å². The van der Waals surface area contributed by atoms with Gasteiger partial charge in [-0.3, -0.25) is 4.90 Å². The molecule has 0 aliphatic carbocycles. The Bertz CT molecular complexity index is 927. The fourth-order valence-corrected chi connectivity index (χ4v) is 3.42. The molecule has 3 heteroatoms. The van der Waals surface area contributed by atoms with Gasteiger partial charge in [0.05, 0.1) is 13.3 Å². The Hall–Kier alpha value is -2.88. The number of benzene rings is 3. The zero-order valence-electron chi connectivity index (χ0n) is 17.4. The van der Waals surface area contributed by atoms with Crippen molar-refractivity contribution in [2.24, 2.45) is 0 Å². The summed E-state index contributed by atoms with van der Waals surface area (Å²) in [4.78, 5) is 2.01. The maximum absolute atomic E-state index is 9.75. The molecule has 3 nitrogen and oxygen atoms in total. The lowest BCUT2D eigenvalue weighted by Crippen LogP contribution is -2.15. The minimum atomic E-state index is 0.277. The molecule has 0 fully saturated rings. The monoisotopic (exact) mass is 387 g/mol. The summed E-state index contributed by atoms with van der Waals surface area (Å²) in [6.07, 6.45) is 0.911. The van der Waals surface area contributed by atoms with E-state index in [1.165, 1.54) is 16.7 Å². The lowest BCUT2D eigenvalue weighted by atomic mass is 9.88. The van der Waals surface area contributed by atoms with Crippen molar-refractivity contribution in [1.82, 2.24) is 4.90 Å². The largest absolute Gasteiger partial charge is 0.508 e. The van der Waals surface area contributed by atoms with Crippen LogP contribution in [0.25, 0.3) is 11.1 Å². The van der Waals surface area contributed by atoms with Crippen LogP contribution in [0.5, 0.6) is 5.75 Å². The first-order valence-corrected chi connectivity index (χ1v) is 9.98. The summed E-state index contributed by atoms with van der Waals surface area (Å²) in [7, 11) is 3.99. The van der Waals surface area contributed by atoms with Crippen LogP contribution in [0.3, 0.4) is 0 Å². The number of nitrogens with zero attached hydrogens (tertiary/aromatic N) is 1. The molecule has 3 aromatic carbocycles. The Morgan fingerprint density at radius 1 is 0.793 bits per heavy atom. The van der Waals surface area contributed by atoms with E-state index in [1.807, 2.05) is 37.2 Å². The van der Waals surface area contributed by atoms with Crippen molar-refractivity contribution in [3.8, 4) is 5.75 Å². The summed E-state index contributed by atoms with van der Waals surface area (Å²) in [6.45, 7) is 3.39. The molecule has 0 unspecified atom stereocenters. The number of phenols is 1. The van der Waals surface area contributed by atoms with E-state index in [0.29, 0.717) is 13.3 Å². The Morgan fingerprint density at radius 2 is 1.38 bits per heavy atom. The minimum absolute atomic E-state index is 0.277. The van der Waals surface area contributed by atoms with Gasteiger partial charge < -0.3 is 9.84 Å². The third-order valence-electron chi connectivity index (χ3n) is 4.79. The zero-order valence-corrected chi connectivity index (χ0v) is 17.4. The van der Waals surface area contributed by atoms with Gasteiger partial charge in [0.25, 0.3) is 0 Å². The number of ether oxygens (including phenoxy) is 1. The quantitative estimate of drug-likeness (QED) is 0.392. The lowest BCUT2D eigenvalue weighted by Gasteiger charge is -2.17.